The Morgan fingerprint density at radius 1 is 0.885 bits per heavy atom. The molecule has 0 heterocycles. The van der Waals surface area contributed by atoms with E-state index in [1.807, 2.05) is 30.3 Å². The third kappa shape index (κ3) is 4.94. The van der Waals surface area contributed by atoms with Crippen LogP contribution in [-0.4, -0.2) is 0 Å². The average Bonchev–Trinajstić information content (AvgIpc) is 2.62. The van der Waals surface area contributed by atoms with Gasteiger partial charge < -0.3 is 10.1 Å². The molecule has 4 heteroatoms. The fraction of sp³-hybridized carbons (Fsp3) is 0.182. The Kier molecular flexibility index (Phi) is 6.08. The van der Waals surface area contributed by atoms with Gasteiger partial charge in [-0.2, -0.15) is 0 Å². The third-order valence-electron chi connectivity index (χ3n) is 4.31. The van der Waals surface area contributed by atoms with Gasteiger partial charge in [0.05, 0.1) is 0 Å². The number of nitrogens with one attached hydrogen (secondary N) is 1. The van der Waals surface area contributed by atoms with Crippen LogP contribution >= 0.6 is 23.2 Å². The van der Waals surface area contributed by atoms with E-state index in [-0.39, 0.29) is 0 Å². The molecule has 0 aromatic heterocycles. The standard InChI is InChI=1S/C22H21Cl2NO/c1-15-6-9-20(10-16(15)2)25-13-17-4-3-5-21(11-17)26-14-18-7-8-19(23)12-22(18)24/h3-12,25H,13-14H2,1-2H3. The molecule has 0 saturated heterocycles. The predicted molar refractivity (Wildman–Crippen MR) is 110 cm³/mol. The predicted octanol–water partition coefficient (Wildman–Crippen LogP) is 6.80. The number of hydrogen-bond acceptors (Lipinski definition) is 2. The SMILES string of the molecule is Cc1ccc(NCc2cccc(OCc3ccc(Cl)cc3Cl)c2)cc1C. The minimum absolute atomic E-state index is 0.407. The second kappa shape index (κ2) is 8.48. The zero-order valence-electron chi connectivity index (χ0n) is 14.9. The first-order valence-electron chi connectivity index (χ1n) is 8.48. The van der Waals surface area contributed by atoms with Crippen molar-refractivity contribution in [2.75, 3.05) is 5.32 Å². The first-order valence-corrected chi connectivity index (χ1v) is 9.23. The van der Waals surface area contributed by atoms with Crippen molar-refractivity contribution in [1.29, 1.82) is 0 Å². The molecular formula is C22H21Cl2NO. The molecule has 0 aliphatic carbocycles. The van der Waals surface area contributed by atoms with Crippen molar-refractivity contribution in [1.82, 2.24) is 0 Å². The summed E-state index contributed by atoms with van der Waals surface area (Å²) in [6.45, 7) is 5.38. The first-order chi connectivity index (χ1) is 12.5. The molecule has 0 aliphatic rings. The maximum absolute atomic E-state index is 6.19. The van der Waals surface area contributed by atoms with Gasteiger partial charge in [0, 0.05) is 27.8 Å². The average molecular weight is 386 g/mol. The van der Waals surface area contributed by atoms with E-state index in [0.717, 1.165) is 29.1 Å². The van der Waals surface area contributed by atoms with E-state index in [9.17, 15) is 0 Å². The van der Waals surface area contributed by atoms with Crippen LogP contribution in [0.4, 0.5) is 5.69 Å². The van der Waals surface area contributed by atoms with E-state index in [1.54, 1.807) is 6.07 Å². The van der Waals surface area contributed by atoms with Gasteiger partial charge in [0.2, 0.25) is 0 Å². The van der Waals surface area contributed by atoms with Crippen molar-refractivity contribution in [3.05, 3.63) is 93.0 Å². The van der Waals surface area contributed by atoms with Crippen molar-refractivity contribution in [2.45, 2.75) is 27.0 Å². The van der Waals surface area contributed by atoms with E-state index < -0.39 is 0 Å². The Morgan fingerprint density at radius 3 is 2.50 bits per heavy atom. The number of halogens is 2. The van der Waals surface area contributed by atoms with Gasteiger partial charge in [-0.3, -0.25) is 0 Å². The van der Waals surface area contributed by atoms with E-state index in [2.05, 4.69) is 43.4 Å². The van der Waals surface area contributed by atoms with Crippen LogP contribution < -0.4 is 10.1 Å². The normalized spacial score (nSPS) is 10.6. The molecule has 0 atom stereocenters. The van der Waals surface area contributed by atoms with Crippen LogP contribution in [0.25, 0.3) is 0 Å². The molecule has 134 valence electrons. The monoisotopic (exact) mass is 385 g/mol. The molecule has 0 saturated carbocycles. The van der Waals surface area contributed by atoms with Crippen LogP contribution in [0.15, 0.2) is 60.7 Å². The van der Waals surface area contributed by atoms with Crippen LogP contribution in [0.5, 0.6) is 5.75 Å². The topological polar surface area (TPSA) is 21.3 Å². The number of anilines is 1. The number of ether oxygens (including phenoxy) is 1. The fourth-order valence-corrected chi connectivity index (χ4v) is 3.06. The maximum atomic E-state index is 6.19. The number of benzene rings is 3. The fourth-order valence-electron chi connectivity index (χ4n) is 2.60. The Bertz CT molecular complexity index is 908. The van der Waals surface area contributed by atoms with Crippen LogP contribution in [0.1, 0.15) is 22.3 Å². The number of rotatable bonds is 6. The van der Waals surface area contributed by atoms with E-state index in [1.165, 1.54) is 11.1 Å². The molecule has 1 N–H and O–H groups in total. The highest BCUT2D eigenvalue weighted by molar-refractivity contribution is 6.35. The summed E-state index contributed by atoms with van der Waals surface area (Å²) in [5, 5.41) is 4.69. The van der Waals surface area contributed by atoms with Crippen LogP contribution in [0.3, 0.4) is 0 Å². The summed E-state index contributed by atoms with van der Waals surface area (Å²) < 4.78 is 5.88. The van der Waals surface area contributed by atoms with Crippen molar-refractivity contribution in [3.63, 3.8) is 0 Å². The van der Waals surface area contributed by atoms with Crippen molar-refractivity contribution in [3.8, 4) is 5.75 Å². The maximum Gasteiger partial charge on any atom is 0.120 e. The highest BCUT2D eigenvalue weighted by Crippen LogP contribution is 2.23. The Morgan fingerprint density at radius 2 is 1.73 bits per heavy atom. The zero-order chi connectivity index (χ0) is 18.5. The van der Waals surface area contributed by atoms with Gasteiger partial charge in [0.1, 0.15) is 12.4 Å². The molecule has 3 aromatic rings. The third-order valence-corrected chi connectivity index (χ3v) is 4.90. The molecule has 0 fully saturated rings. The summed E-state index contributed by atoms with van der Waals surface area (Å²) in [6, 6.07) is 19.9. The van der Waals surface area contributed by atoms with E-state index in [4.69, 9.17) is 27.9 Å². The van der Waals surface area contributed by atoms with Gasteiger partial charge in [-0.25, -0.2) is 0 Å². The second-order valence-electron chi connectivity index (χ2n) is 6.32. The largest absolute Gasteiger partial charge is 0.489 e. The lowest BCUT2D eigenvalue weighted by molar-refractivity contribution is 0.306. The second-order valence-corrected chi connectivity index (χ2v) is 7.17. The van der Waals surface area contributed by atoms with Crippen LogP contribution in [0.2, 0.25) is 10.0 Å². The van der Waals surface area contributed by atoms with Gasteiger partial charge in [-0.05, 0) is 66.9 Å². The van der Waals surface area contributed by atoms with E-state index in [0.29, 0.717) is 16.7 Å². The molecule has 26 heavy (non-hydrogen) atoms. The van der Waals surface area contributed by atoms with E-state index >= 15 is 0 Å². The summed E-state index contributed by atoms with van der Waals surface area (Å²) in [5.74, 6) is 0.815. The summed E-state index contributed by atoms with van der Waals surface area (Å²) >= 11 is 12.1. The Balaban J connectivity index is 1.61. The summed E-state index contributed by atoms with van der Waals surface area (Å²) in [4.78, 5) is 0. The summed E-state index contributed by atoms with van der Waals surface area (Å²) in [7, 11) is 0. The summed E-state index contributed by atoms with van der Waals surface area (Å²) in [5.41, 5.74) is 5.77. The van der Waals surface area contributed by atoms with Crippen molar-refractivity contribution < 1.29 is 4.74 Å². The quantitative estimate of drug-likeness (QED) is 0.503. The Labute approximate surface area is 164 Å². The summed E-state index contributed by atoms with van der Waals surface area (Å²) in [6.07, 6.45) is 0. The molecule has 3 aromatic carbocycles. The molecule has 0 radical (unpaired) electrons. The minimum atomic E-state index is 0.407. The molecule has 0 unspecified atom stereocenters. The molecule has 2 nitrogen and oxygen atoms in total. The van der Waals surface area contributed by atoms with Gasteiger partial charge in [0.15, 0.2) is 0 Å². The molecule has 0 bridgehead atoms. The molecule has 0 aliphatic heterocycles. The highest BCUT2D eigenvalue weighted by Gasteiger charge is 2.04. The minimum Gasteiger partial charge on any atom is -0.489 e. The highest BCUT2D eigenvalue weighted by atomic mass is 35.5. The lowest BCUT2D eigenvalue weighted by atomic mass is 10.1. The van der Waals surface area contributed by atoms with Crippen LogP contribution in [-0.2, 0) is 13.2 Å². The lowest BCUT2D eigenvalue weighted by Gasteiger charge is -2.11. The Hall–Kier alpha value is -2.16. The smallest absolute Gasteiger partial charge is 0.120 e. The molecular weight excluding hydrogens is 365 g/mol. The van der Waals surface area contributed by atoms with Crippen molar-refractivity contribution >= 4 is 28.9 Å². The lowest BCUT2D eigenvalue weighted by Crippen LogP contribution is -2.01. The molecule has 0 spiro atoms. The van der Waals surface area contributed by atoms with Crippen LogP contribution in [0, 0.1) is 13.8 Å². The number of aryl methyl sites for hydroxylation is 2. The zero-order valence-corrected chi connectivity index (χ0v) is 16.4. The van der Waals surface area contributed by atoms with Crippen molar-refractivity contribution in [2.24, 2.45) is 0 Å². The first kappa shape index (κ1) is 18.6. The van der Waals surface area contributed by atoms with Gasteiger partial charge >= 0.3 is 0 Å². The van der Waals surface area contributed by atoms with Gasteiger partial charge in [-0.15, -0.1) is 0 Å². The number of hydrogen-bond donors (Lipinski definition) is 1. The van der Waals surface area contributed by atoms with Gasteiger partial charge in [0.25, 0.3) is 0 Å². The van der Waals surface area contributed by atoms with Gasteiger partial charge in [-0.1, -0.05) is 47.5 Å². The molecule has 3 rings (SSSR count). The molecule has 0 amide bonds.